The third-order valence-corrected chi connectivity index (χ3v) is 7.51. The third-order valence-electron chi connectivity index (χ3n) is 7.51. The summed E-state index contributed by atoms with van der Waals surface area (Å²) in [6.07, 6.45) is 13.1. The maximum Gasteiger partial charge on any atom is 0.255 e. The Bertz CT molecular complexity index is 1480. The van der Waals surface area contributed by atoms with Crippen molar-refractivity contribution in [1.29, 1.82) is 0 Å². The Hall–Kier alpha value is -4.04. The van der Waals surface area contributed by atoms with Crippen LogP contribution >= 0.6 is 0 Å². The molecule has 5 heteroatoms. The van der Waals surface area contributed by atoms with E-state index >= 15 is 0 Å². The smallest absolute Gasteiger partial charge is 0.255 e. The molecule has 0 atom stereocenters. The molecule has 2 aromatic carbocycles. The first-order valence-electron chi connectivity index (χ1n) is 13.8. The van der Waals surface area contributed by atoms with Gasteiger partial charge in [0.2, 0.25) is 0 Å². The number of nitrogens with zero attached hydrogens (tertiary/aromatic N) is 2. The van der Waals surface area contributed by atoms with Crippen LogP contribution in [0.5, 0.6) is 0 Å². The van der Waals surface area contributed by atoms with E-state index in [4.69, 9.17) is 0 Å². The zero-order chi connectivity index (χ0) is 26.3. The lowest BCUT2D eigenvalue weighted by molar-refractivity contribution is 0.102. The van der Waals surface area contributed by atoms with E-state index in [1.807, 2.05) is 66.9 Å². The molecule has 0 bridgehead atoms. The van der Waals surface area contributed by atoms with E-state index in [2.05, 4.69) is 39.6 Å². The Balaban J connectivity index is 1.29. The lowest BCUT2D eigenvalue weighted by atomic mass is 9.97. The zero-order valence-electron chi connectivity index (χ0n) is 22.4. The van der Waals surface area contributed by atoms with Gasteiger partial charge in [-0.3, -0.25) is 9.20 Å². The minimum absolute atomic E-state index is 0.139. The summed E-state index contributed by atoms with van der Waals surface area (Å²) in [6.45, 7) is 4.98. The minimum Gasteiger partial charge on any atom is -0.383 e. The van der Waals surface area contributed by atoms with Crippen molar-refractivity contribution >= 4 is 22.9 Å². The van der Waals surface area contributed by atoms with Gasteiger partial charge < -0.3 is 10.6 Å². The fraction of sp³-hybridized carbons (Fsp3) is 0.333. The molecule has 194 valence electrons. The third kappa shape index (κ3) is 6.26. The highest BCUT2D eigenvalue weighted by molar-refractivity contribution is 6.06. The summed E-state index contributed by atoms with van der Waals surface area (Å²) < 4.78 is 1.96. The zero-order valence-corrected chi connectivity index (χ0v) is 22.4. The summed E-state index contributed by atoms with van der Waals surface area (Å²) in [4.78, 5) is 17.7. The first kappa shape index (κ1) is 25.6. The average molecular weight is 505 g/mol. The van der Waals surface area contributed by atoms with E-state index in [-0.39, 0.29) is 5.91 Å². The van der Waals surface area contributed by atoms with Gasteiger partial charge in [-0.25, -0.2) is 4.98 Å². The highest BCUT2D eigenvalue weighted by atomic mass is 16.1. The van der Waals surface area contributed by atoms with Gasteiger partial charge in [0, 0.05) is 23.9 Å². The molecule has 38 heavy (non-hydrogen) atoms. The van der Waals surface area contributed by atoms with Gasteiger partial charge in [0.1, 0.15) is 11.3 Å². The Labute approximate surface area is 225 Å². The van der Waals surface area contributed by atoms with Crippen molar-refractivity contribution in [3.63, 3.8) is 0 Å². The largest absolute Gasteiger partial charge is 0.383 e. The van der Waals surface area contributed by atoms with E-state index < -0.39 is 0 Å². The molecule has 2 N–H and O–H groups in total. The van der Waals surface area contributed by atoms with Crippen molar-refractivity contribution in [3.05, 3.63) is 94.9 Å². The molecule has 1 fully saturated rings. The minimum atomic E-state index is -0.139. The van der Waals surface area contributed by atoms with Gasteiger partial charge in [0.15, 0.2) is 0 Å². The summed E-state index contributed by atoms with van der Waals surface area (Å²) in [5.41, 5.74) is 7.01. The summed E-state index contributed by atoms with van der Waals surface area (Å²) in [6, 6.07) is 17.7. The number of hydrogen-bond acceptors (Lipinski definition) is 3. The van der Waals surface area contributed by atoms with Gasteiger partial charge in [-0.1, -0.05) is 62.6 Å². The Morgan fingerprint density at radius 1 is 0.974 bits per heavy atom. The van der Waals surface area contributed by atoms with Crippen molar-refractivity contribution in [2.45, 2.75) is 58.8 Å². The predicted octanol–water partition coefficient (Wildman–Crippen LogP) is 7.38. The van der Waals surface area contributed by atoms with Crippen molar-refractivity contribution in [1.82, 2.24) is 9.38 Å². The number of rotatable bonds is 6. The van der Waals surface area contributed by atoms with Crippen LogP contribution in [0, 0.1) is 31.6 Å². The summed E-state index contributed by atoms with van der Waals surface area (Å²) in [5, 5.41) is 6.73. The number of aryl methyl sites for hydroxylation is 2. The first-order chi connectivity index (χ1) is 18.6. The number of pyridine rings is 1. The fourth-order valence-electron chi connectivity index (χ4n) is 5.23. The van der Waals surface area contributed by atoms with Crippen LogP contribution in [0.25, 0.3) is 5.65 Å². The molecule has 0 radical (unpaired) electrons. The quantitative estimate of drug-likeness (QED) is 0.213. The van der Waals surface area contributed by atoms with E-state index in [9.17, 15) is 4.79 Å². The van der Waals surface area contributed by atoms with Crippen LogP contribution in [-0.4, -0.2) is 21.8 Å². The molecule has 1 amide bonds. The Morgan fingerprint density at radius 3 is 2.66 bits per heavy atom. The second kappa shape index (κ2) is 12.0. The highest BCUT2D eigenvalue weighted by Gasteiger charge is 2.14. The lowest BCUT2D eigenvalue weighted by Crippen LogP contribution is -2.15. The molecule has 0 unspecified atom stereocenters. The lowest BCUT2D eigenvalue weighted by Gasteiger charge is -2.17. The molecule has 1 aliphatic carbocycles. The molecule has 5 rings (SSSR count). The summed E-state index contributed by atoms with van der Waals surface area (Å²) >= 11 is 0. The maximum absolute atomic E-state index is 13.3. The molecule has 1 saturated carbocycles. The molecule has 0 aliphatic heterocycles. The number of imidazole rings is 1. The topological polar surface area (TPSA) is 58.4 Å². The van der Waals surface area contributed by atoms with Gasteiger partial charge >= 0.3 is 0 Å². The molecule has 2 aromatic heterocycles. The van der Waals surface area contributed by atoms with Crippen LogP contribution in [0.1, 0.15) is 77.7 Å². The number of carbonyl (C=O) groups is 1. The van der Waals surface area contributed by atoms with Crippen molar-refractivity contribution < 1.29 is 4.79 Å². The molecule has 4 aromatic rings. The number of hydrogen-bond donors (Lipinski definition) is 2. The van der Waals surface area contributed by atoms with E-state index in [0.29, 0.717) is 5.56 Å². The van der Waals surface area contributed by atoms with Gasteiger partial charge in [0.05, 0.1) is 17.6 Å². The highest BCUT2D eigenvalue weighted by Crippen LogP contribution is 2.27. The molecule has 2 heterocycles. The summed E-state index contributed by atoms with van der Waals surface area (Å²) in [7, 11) is 0. The van der Waals surface area contributed by atoms with Gasteiger partial charge in [-0.05, 0) is 79.6 Å². The number of anilines is 2. The molecular formula is C33H36N4O. The predicted molar refractivity (Wildman–Crippen MR) is 156 cm³/mol. The standard InChI is InChI=1S/C33H36N4O/c1-24-12-17-30(34-19-18-26-9-5-3-4-6-10-26)31(21-24)36-33(38)28-14-13-25(2)27(22-28)15-16-29-23-35-32-11-7-8-20-37(29)32/h7-8,11-14,17,20-23,26,34H,3-6,9-10,18-19H2,1-2H3,(H,36,38). The number of nitrogens with one attached hydrogen (secondary N) is 2. The SMILES string of the molecule is Cc1ccc(NCCC2CCCCCC2)c(NC(=O)c2ccc(C)c(C#Cc3cnc4ccccn34)c2)c1. The molecule has 0 spiro atoms. The second-order valence-electron chi connectivity index (χ2n) is 10.4. The number of amides is 1. The summed E-state index contributed by atoms with van der Waals surface area (Å²) in [5.74, 6) is 7.14. The van der Waals surface area contributed by atoms with Crippen LogP contribution in [-0.2, 0) is 0 Å². The molecule has 0 saturated heterocycles. The first-order valence-corrected chi connectivity index (χ1v) is 13.8. The van der Waals surface area contributed by atoms with Crippen LogP contribution < -0.4 is 10.6 Å². The number of benzene rings is 2. The van der Waals surface area contributed by atoms with Crippen LogP contribution in [0.15, 0.2) is 67.0 Å². The van der Waals surface area contributed by atoms with Gasteiger partial charge in [-0.15, -0.1) is 0 Å². The maximum atomic E-state index is 13.3. The number of fused-ring (bicyclic) bond motifs is 1. The van der Waals surface area contributed by atoms with E-state index in [1.165, 1.54) is 44.9 Å². The molecule has 5 nitrogen and oxygen atoms in total. The van der Waals surface area contributed by atoms with E-state index in [1.54, 1.807) is 6.20 Å². The average Bonchev–Trinajstić information content (AvgIpc) is 3.15. The Morgan fingerprint density at radius 2 is 1.82 bits per heavy atom. The Kier molecular flexibility index (Phi) is 8.09. The molecular weight excluding hydrogens is 468 g/mol. The van der Waals surface area contributed by atoms with Crippen molar-refractivity contribution in [2.75, 3.05) is 17.2 Å². The van der Waals surface area contributed by atoms with Crippen molar-refractivity contribution in [2.24, 2.45) is 5.92 Å². The van der Waals surface area contributed by atoms with Crippen molar-refractivity contribution in [3.8, 4) is 11.8 Å². The van der Waals surface area contributed by atoms with Gasteiger partial charge in [-0.2, -0.15) is 0 Å². The fourth-order valence-corrected chi connectivity index (χ4v) is 5.23. The van der Waals surface area contributed by atoms with Gasteiger partial charge in [0.25, 0.3) is 5.91 Å². The van der Waals surface area contributed by atoms with Crippen LogP contribution in [0.2, 0.25) is 0 Å². The number of aromatic nitrogens is 2. The van der Waals surface area contributed by atoms with Crippen LogP contribution in [0.3, 0.4) is 0 Å². The monoisotopic (exact) mass is 504 g/mol. The molecule has 1 aliphatic rings. The van der Waals surface area contributed by atoms with E-state index in [0.717, 1.165) is 51.9 Å². The number of carbonyl (C=O) groups excluding carboxylic acids is 1. The van der Waals surface area contributed by atoms with Crippen LogP contribution in [0.4, 0.5) is 11.4 Å². The second-order valence-corrected chi connectivity index (χ2v) is 10.4. The normalized spacial score (nSPS) is 13.9.